The van der Waals surface area contributed by atoms with Gasteiger partial charge in [-0.3, -0.25) is 9.97 Å². The molecule has 1 aromatic rings. The van der Waals surface area contributed by atoms with Crippen LogP contribution in [0.1, 0.15) is 36.3 Å². The lowest BCUT2D eigenvalue weighted by molar-refractivity contribution is 0.243. The molecule has 3 heteroatoms. The van der Waals surface area contributed by atoms with Gasteiger partial charge in [0.1, 0.15) is 0 Å². The van der Waals surface area contributed by atoms with E-state index in [0.717, 1.165) is 17.1 Å². The van der Waals surface area contributed by atoms with Crippen molar-refractivity contribution in [2.24, 2.45) is 5.73 Å². The Balaban J connectivity index is 2.43. The minimum absolute atomic E-state index is 0.142. The molecule has 0 aromatic carbocycles. The molecule has 14 heavy (non-hydrogen) atoms. The highest BCUT2D eigenvalue weighted by Gasteiger charge is 2.40. The van der Waals surface area contributed by atoms with Gasteiger partial charge < -0.3 is 5.73 Å². The molecule has 0 saturated heterocycles. The maximum atomic E-state index is 5.85. The van der Waals surface area contributed by atoms with Crippen LogP contribution in [0.4, 0.5) is 0 Å². The summed E-state index contributed by atoms with van der Waals surface area (Å²) in [5, 5.41) is 0. The van der Waals surface area contributed by atoms with Crippen molar-refractivity contribution in [3.8, 4) is 0 Å². The molecule has 0 bridgehead atoms. The molecular formula is C11H17N3. The van der Waals surface area contributed by atoms with Gasteiger partial charge in [0.05, 0.1) is 17.1 Å². The first-order valence-electron chi connectivity index (χ1n) is 5.19. The van der Waals surface area contributed by atoms with Crippen molar-refractivity contribution >= 4 is 0 Å². The molecule has 1 aromatic heterocycles. The van der Waals surface area contributed by atoms with Crippen molar-refractivity contribution in [3.05, 3.63) is 23.3 Å². The van der Waals surface area contributed by atoms with Gasteiger partial charge in [0.15, 0.2) is 0 Å². The van der Waals surface area contributed by atoms with Crippen molar-refractivity contribution in [1.29, 1.82) is 0 Å². The van der Waals surface area contributed by atoms with E-state index in [1.807, 2.05) is 20.0 Å². The van der Waals surface area contributed by atoms with Crippen LogP contribution in [-0.4, -0.2) is 16.5 Å². The average Bonchev–Trinajstić information content (AvgIpc) is 2.10. The molecular weight excluding hydrogens is 174 g/mol. The summed E-state index contributed by atoms with van der Waals surface area (Å²) in [5.74, 6) is 0. The van der Waals surface area contributed by atoms with E-state index in [4.69, 9.17) is 5.73 Å². The Bertz CT molecular complexity index is 337. The second-order valence-electron chi connectivity index (χ2n) is 4.28. The van der Waals surface area contributed by atoms with Crippen LogP contribution in [0, 0.1) is 13.8 Å². The van der Waals surface area contributed by atoms with E-state index in [9.17, 15) is 0 Å². The van der Waals surface area contributed by atoms with Crippen molar-refractivity contribution < 1.29 is 0 Å². The van der Waals surface area contributed by atoms with E-state index < -0.39 is 0 Å². The Kier molecular flexibility index (Phi) is 2.27. The van der Waals surface area contributed by atoms with E-state index in [2.05, 4.69) is 9.97 Å². The average molecular weight is 191 g/mol. The lowest BCUT2D eigenvalue weighted by Crippen LogP contribution is -2.43. The Labute approximate surface area is 84.8 Å². The molecule has 76 valence electrons. The smallest absolute Gasteiger partial charge is 0.0693 e. The first-order chi connectivity index (χ1) is 6.68. The molecule has 0 amide bonds. The number of aryl methyl sites for hydroxylation is 2. The number of rotatable bonds is 2. The molecule has 2 N–H and O–H groups in total. The SMILES string of the molecule is Cc1cnc(C)c(C2(CN)CCC2)n1. The molecule has 0 unspecified atom stereocenters. The zero-order chi connectivity index (χ0) is 10.2. The maximum absolute atomic E-state index is 5.85. The maximum Gasteiger partial charge on any atom is 0.0693 e. The molecule has 0 radical (unpaired) electrons. The van der Waals surface area contributed by atoms with Gasteiger partial charge in [-0.15, -0.1) is 0 Å². The summed E-state index contributed by atoms with van der Waals surface area (Å²) in [4.78, 5) is 8.95. The van der Waals surface area contributed by atoms with E-state index >= 15 is 0 Å². The van der Waals surface area contributed by atoms with E-state index in [0.29, 0.717) is 6.54 Å². The molecule has 1 saturated carbocycles. The van der Waals surface area contributed by atoms with Crippen molar-refractivity contribution in [1.82, 2.24) is 9.97 Å². The van der Waals surface area contributed by atoms with Gasteiger partial charge in [-0.25, -0.2) is 0 Å². The van der Waals surface area contributed by atoms with Crippen LogP contribution >= 0.6 is 0 Å². The zero-order valence-electron chi connectivity index (χ0n) is 8.88. The van der Waals surface area contributed by atoms with E-state index in [-0.39, 0.29) is 5.41 Å². The minimum atomic E-state index is 0.142. The van der Waals surface area contributed by atoms with Gasteiger partial charge in [0, 0.05) is 18.2 Å². The lowest BCUT2D eigenvalue weighted by atomic mass is 9.66. The quantitative estimate of drug-likeness (QED) is 0.770. The Hall–Kier alpha value is -0.960. The number of nitrogens with two attached hydrogens (primary N) is 1. The Morgan fingerprint density at radius 2 is 2.14 bits per heavy atom. The molecule has 1 aliphatic carbocycles. The number of aromatic nitrogens is 2. The number of hydrogen-bond acceptors (Lipinski definition) is 3. The number of hydrogen-bond donors (Lipinski definition) is 1. The molecule has 1 heterocycles. The van der Waals surface area contributed by atoms with Gasteiger partial charge in [0.2, 0.25) is 0 Å². The molecule has 0 atom stereocenters. The van der Waals surface area contributed by atoms with Gasteiger partial charge in [-0.05, 0) is 26.7 Å². The van der Waals surface area contributed by atoms with E-state index in [1.165, 1.54) is 19.3 Å². The normalized spacial score (nSPS) is 19.1. The van der Waals surface area contributed by atoms with Crippen LogP contribution in [0.2, 0.25) is 0 Å². The highest BCUT2D eigenvalue weighted by molar-refractivity contribution is 5.26. The predicted molar refractivity (Wildman–Crippen MR) is 56.1 cm³/mol. The fourth-order valence-electron chi connectivity index (χ4n) is 2.18. The number of nitrogens with zero attached hydrogens (tertiary/aromatic N) is 2. The summed E-state index contributed by atoms with van der Waals surface area (Å²) in [6.45, 7) is 4.71. The van der Waals surface area contributed by atoms with E-state index in [1.54, 1.807) is 0 Å². The van der Waals surface area contributed by atoms with Crippen molar-refractivity contribution in [2.45, 2.75) is 38.5 Å². The van der Waals surface area contributed by atoms with Gasteiger partial charge in [-0.2, -0.15) is 0 Å². The van der Waals surface area contributed by atoms with Crippen molar-refractivity contribution in [2.75, 3.05) is 6.54 Å². The largest absolute Gasteiger partial charge is 0.330 e. The molecule has 0 aliphatic heterocycles. The first kappa shape index (κ1) is 9.59. The summed E-state index contributed by atoms with van der Waals surface area (Å²) in [7, 11) is 0. The lowest BCUT2D eigenvalue weighted by Gasteiger charge is -2.41. The van der Waals surface area contributed by atoms with Crippen LogP contribution in [0.5, 0.6) is 0 Å². The van der Waals surface area contributed by atoms with Crippen LogP contribution in [0.3, 0.4) is 0 Å². The first-order valence-corrected chi connectivity index (χ1v) is 5.19. The van der Waals surface area contributed by atoms with Gasteiger partial charge >= 0.3 is 0 Å². The van der Waals surface area contributed by atoms with Gasteiger partial charge in [0.25, 0.3) is 0 Å². The third-order valence-electron chi connectivity index (χ3n) is 3.28. The Morgan fingerprint density at radius 1 is 1.43 bits per heavy atom. The monoisotopic (exact) mass is 191 g/mol. The third-order valence-corrected chi connectivity index (χ3v) is 3.28. The molecule has 3 nitrogen and oxygen atoms in total. The molecule has 2 rings (SSSR count). The Morgan fingerprint density at radius 3 is 2.64 bits per heavy atom. The second-order valence-corrected chi connectivity index (χ2v) is 4.28. The fraction of sp³-hybridized carbons (Fsp3) is 0.636. The predicted octanol–water partition coefficient (Wildman–Crippen LogP) is 1.47. The zero-order valence-corrected chi connectivity index (χ0v) is 8.88. The summed E-state index contributed by atoms with van der Waals surface area (Å²) < 4.78 is 0. The highest BCUT2D eigenvalue weighted by atomic mass is 14.9. The fourth-order valence-corrected chi connectivity index (χ4v) is 2.18. The topological polar surface area (TPSA) is 51.8 Å². The molecule has 0 spiro atoms. The van der Waals surface area contributed by atoms with Crippen LogP contribution in [-0.2, 0) is 5.41 Å². The summed E-state index contributed by atoms with van der Waals surface area (Å²) in [6, 6.07) is 0. The molecule has 1 fully saturated rings. The summed E-state index contributed by atoms with van der Waals surface area (Å²) in [6.07, 6.45) is 5.43. The minimum Gasteiger partial charge on any atom is -0.330 e. The molecule has 1 aliphatic rings. The summed E-state index contributed by atoms with van der Waals surface area (Å²) in [5.41, 5.74) is 9.16. The van der Waals surface area contributed by atoms with Crippen LogP contribution < -0.4 is 5.73 Å². The van der Waals surface area contributed by atoms with Gasteiger partial charge in [-0.1, -0.05) is 6.42 Å². The third kappa shape index (κ3) is 1.32. The van der Waals surface area contributed by atoms with Crippen LogP contribution in [0.25, 0.3) is 0 Å². The highest BCUT2D eigenvalue weighted by Crippen LogP contribution is 2.42. The summed E-state index contributed by atoms with van der Waals surface area (Å²) >= 11 is 0. The van der Waals surface area contributed by atoms with Crippen molar-refractivity contribution in [3.63, 3.8) is 0 Å². The van der Waals surface area contributed by atoms with Crippen LogP contribution in [0.15, 0.2) is 6.20 Å². The second kappa shape index (κ2) is 3.31. The standard InChI is InChI=1S/C11H17N3/c1-8-6-13-9(2)10(14-8)11(7-12)4-3-5-11/h6H,3-5,7,12H2,1-2H3.